The molecule has 0 saturated carbocycles. The number of aryl methyl sites for hydroxylation is 2. The first kappa shape index (κ1) is 17.3. The summed E-state index contributed by atoms with van der Waals surface area (Å²) in [7, 11) is 0. The van der Waals surface area contributed by atoms with Gasteiger partial charge in [0.15, 0.2) is 5.78 Å². The van der Waals surface area contributed by atoms with Crippen molar-refractivity contribution in [3.8, 4) is 0 Å². The van der Waals surface area contributed by atoms with Crippen molar-refractivity contribution in [3.05, 3.63) is 76.5 Å². The molecule has 0 saturated heterocycles. The summed E-state index contributed by atoms with van der Waals surface area (Å²) in [5.74, 6) is 0.667. The number of hydrogen-bond acceptors (Lipinski definition) is 3. The fourth-order valence-corrected chi connectivity index (χ4v) is 3.69. The maximum Gasteiger partial charge on any atom is 0.275 e. The first-order valence-electron chi connectivity index (χ1n) is 9.20. The standard InChI is InChI=1S/C22H22N2O3/c1-14-8-10-16(11-9-14)24(13-17-5-4-12-27-17)22(26)21-15(2)20-18(23-21)6-3-7-19(20)25/h4-5,8-12,23H,3,6-7,13H2,1-2H3. The second-order valence-electron chi connectivity index (χ2n) is 7.06. The van der Waals surface area contributed by atoms with E-state index in [9.17, 15) is 9.59 Å². The minimum Gasteiger partial charge on any atom is -0.467 e. The number of rotatable bonds is 4. The molecule has 5 nitrogen and oxygen atoms in total. The van der Waals surface area contributed by atoms with Gasteiger partial charge in [-0.3, -0.25) is 14.5 Å². The van der Waals surface area contributed by atoms with Crippen LogP contribution in [-0.4, -0.2) is 16.7 Å². The van der Waals surface area contributed by atoms with E-state index in [0.29, 0.717) is 30.0 Å². The highest BCUT2D eigenvalue weighted by Crippen LogP contribution is 2.29. The van der Waals surface area contributed by atoms with E-state index in [1.165, 1.54) is 0 Å². The molecule has 138 valence electrons. The van der Waals surface area contributed by atoms with Crippen molar-refractivity contribution in [2.75, 3.05) is 4.90 Å². The maximum absolute atomic E-state index is 13.4. The molecule has 0 aliphatic heterocycles. The minimum absolute atomic E-state index is 0.122. The molecule has 0 bridgehead atoms. The number of H-pyrrole nitrogens is 1. The van der Waals surface area contributed by atoms with E-state index in [1.807, 2.05) is 50.2 Å². The maximum atomic E-state index is 13.4. The molecule has 0 atom stereocenters. The number of furan rings is 1. The number of aromatic amines is 1. The fraction of sp³-hybridized carbons (Fsp3) is 0.273. The number of Topliss-reactive ketones (excluding diaryl/α,β-unsaturated/α-hetero) is 1. The Balaban J connectivity index is 1.74. The van der Waals surface area contributed by atoms with Crippen molar-refractivity contribution in [3.63, 3.8) is 0 Å². The van der Waals surface area contributed by atoms with Crippen LogP contribution in [0.5, 0.6) is 0 Å². The number of fused-ring (bicyclic) bond motifs is 1. The van der Waals surface area contributed by atoms with Crippen LogP contribution in [0.3, 0.4) is 0 Å². The van der Waals surface area contributed by atoms with Gasteiger partial charge in [0, 0.05) is 23.4 Å². The van der Waals surface area contributed by atoms with Crippen LogP contribution in [0.4, 0.5) is 5.69 Å². The molecule has 1 amide bonds. The smallest absolute Gasteiger partial charge is 0.275 e. The zero-order valence-corrected chi connectivity index (χ0v) is 15.5. The molecular weight excluding hydrogens is 340 g/mol. The van der Waals surface area contributed by atoms with Gasteiger partial charge in [0.2, 0.25) is 0 Å². The largest absolute Gasteiger partial charge is 0.467 e. The third-order valence-corrected chi connectivity index (χ3v) is 5.14. The summed E-state index contributed by atoms with van der Waals surface area (Å²) in [5.41, 5.74) is 4.74. The van der Waals surface area contributed by atoms with Crippen LogP contribution in [-0.2, 0) is 13.0 Å². The molecule has 0 spiro atoms. The first-order chi connectivity index (χ1) is 13.0. The van der Waals surface area contributed by atoms with E-state index in [-0.39, 0.29) is 11.7 Å². The lowest BCUT2D eigenvalue weighted by Crippen LogP contribution is -2.31. The van der Waals surface area contributed by atoms with Crippen LogP contribution >= 0.6 is 0 Å². The summed E-state index contributed by atoms with van der Waals surface area (Å²) in [6.07, 6.45) is 3.78. The average Bonchev–Trinajstić information content (AvgIpc) is 3.29. The molecule has 27 heavy (non-hydrogen) atoms. The molecule has 0 fully saturated rings. The van der Waals surface area contributed by atoms with Crippen LogP contribution < -0.4 is 4.90 Å². The lowest BCUT2D eigenvalue weighted by molar-refractivity contribution is 0.0969. The van der Waals surface area contributed by atoms with Crippen LogP contribution in [0.25, 0.3) is 0 Å². The van der Waals surface area contributed by atoms with Crippen molar-refractivity contribution in [2.45, 2.75) is 39.7 Å². The molecule has 3 aromatic rings. The minimum atomic E-state index is -0.157. The van der Waals surface area contributed by atoms with Gasteiger partial charge >= 0.3 is 0 Å². The monoisotopic (exact) mass is 362 g/mol. The number of carbonyl (C=O) groups is 2. The number of amides is 1. The summed E-state index contributed by atoms with van der Waals surface area (Å²) in [6, 6.07) is 11.5. The number of carbonyl (C=O) groups excluding carboxylic acids is 2. The molecule has 0 unspecified atom stereocenters. The van der Waals surface area contributed by atoms with Gasteiger partial charge in [0.05, 0.1) is 12.8 Å². The summed E-state index contributed by atoms with van der Waals surface area (Å²) < 4.78 is 5.47. The van der Waals surface area contributed by atoms with Crippen molar-refractivity contribution in [2.24, 2.45) is 0 Å². The predicted octanol–water partition coefficient (Wildman–Crippen LogP) is 4.59. The van der Waals surface area contributed by atoms with E-state index in [1.54, 1.807) is 11.2 Å². The molecule has 0 radical (unpaired) electrons. The Morgan fingerprint density at radius 2 is 1.93 bits per heavy atom. The molecule has 1 N–H and O–H groups in total. The Hall–Kier alpha value is -3.08. The molecular formula is C22H22N2O3. The SMILES string of the molecule is Cc1ccc(N(Cc2ccco2)C(=O)c2[nH]c3c(c2C)C(=O)CCC3)cc1. The second kappa shape index (κ2) is 6.91. The Bertz CT molecular complexity index is 981. The quantitative estimate of drug-likeness (QED) is 0.738. The topological polar surface area (TPSA) is 66.3 Å². The third kappa shape index (κ3) is 3.21. The van der Waals surface area contributed by atoms with Crippen LogP contribution in [0, 0.1) is 13.8 Å². The molecule has 1 aromatic carbocycles. The lowest BCUT2D eigenvalue weighted by atomic mass is 9.93. The molecule has 1 aliphatic rings. The molecule has 2 aromatic heterocycles. The summed E-state index contributed by atoms with van der Waals surface area (Å²) >= 11 is 0. The highest BCUT2D eigenvalue weighted by molar-refractivity contribution is 6.09. The van der Waals surface area contributed by atoms with Gasteiger partial charge in [-0.2, -0.15) is 0 Å². The van der Waals surface area contributed by atoms with Crippen molar-refractivity contribution in [1.29, 1.82) is 0 Å². The molecule has 4 rings (SSSR count). The van der Waals surface area contributed by atoms with E-state index in [0.717, 1.165) is 35.3 Å². The lowest BCUT2D eigenvalue weighted by Gasteiger charge is -2.22. The van der Waals surface area contributed by atoms with Gasteiger partial charge in [-0.15, -0.1) is 0 Å². The number of nitrogens with one attached hydrogen (secondary N) is 1. The Morgan fingerprint density at radius 1 is 1.15 bits per heavy atom. The molecule has 5 heteroatoms. The number of anilines is 1. The average molecular weight is 362 g/mol. The Labute approximate surface area is 158 Å². The number of ketones is 1. The second-order valence-corrected chi connectivity index (χ2v) is 7.06. The Kier molecular flexibility index (Phi) is 4.44. The summed E-state index contributed by atoms with van der Waals surface area (Å²) in [5, 5.41) is 0. The number of benzene rings is 1. The highest BCUT2D eigenvalue weighted by Gasteiger charge is 2.29. The van der Waals surface area contributed by atoms with Crippen LogP contribution in [0.1, 0.15) is 56.3 Å². The number of aromatic nitrogens is 1. The van der Waals surface area contributed by atoms with Gasteiger partial charge in [0.25, 0.3) is 5.91 Å². The van der Waals surface area contributed by atoms with E-state index < -0.39 is 0 Å². The highest BCUT2D eigenvalue weighted by atomic mass is 16.3. The Morgan fingerprint density at radius 3 is 2.59 bits per heavy atom. The zero-order valence-electron chi connectivity index (χ0n) is 15.5. The van der Waals surface area contributed by atoms with Crippen molar-refractivity contribution >= 4 is 17.4 Å². The molecule has 1 aliphatic carbocycles. The van der Waals surface area contributed by atoms with Crippen LogP contribution in [0.2, 0.25) is 0 Å². The van der Waals surface area contributed by atoms with Crippen molar-refractivity contribution < 1.29 is 14.0 Å². The normalized spacial score (nSPS) is 13.5. The predicted molar refractivity (Wildman–Crippen MR) is 103 cm³/mol. The fourth-order valence-electron chi connectivity index (χ4n) is 3.69. The van der Waals surface area contributed by atoms with Gasteiger partial charge in [-0.25, -0.2) is 0 Å². The van der Waals surface area contributed by atoms with Gasteiger partial charge in [0.1, 0.15) is 11.5 Å². The van der Waals surface area contributed by atoms with Gasteiger partial charge in [-0.05, 0) is 56.5 Å². The van der Waals surface area contributed by atoms with E-state index >= 15 is 0 Å². The third-order valence-electron chi connectivity index (χ3n) is 5.14. The molecule has 2 heterocycles. The van der Waals surface area contributed by atoms with Gasteiger partial charge in [-0.1, -0.05) is 17.7 Å². The first-order valence-corrected chi connectivity index (χ1v) is 9.20. The number of nitrogens with zero attached hydrogens (tertiary/aromatic N) is 1. The van der Waals surface area contributed by atoms with E-state index in [4.69, 9.17) is 4.42 Å². The van der Waals surface area contributed by atoms with Crippen molar-refractivity contribution in [1.82, 2.24) is 4.98 Å². The van der Waals surface area contributed by atoms with Crippen LogP contribution in [0.15, 0.2) is 47.1 Å². The van der Waals surface area contributed by atoms with Gasteiger partial charge < -0.3 is 9.40 Å². The summed E-state index contributed by atoms with van der Waals surface area (Å²) in [6.45, 7) is 4.19. The zero-order chi connectivity index (χ0) is 19.0. The number of hydrogen-bond donors (Lipinski definition) is 1. The summed E-state index contributed by atoms with van der Waals surface area (Å²) in [4.78, 5) is 30.7. The van der Waals surface area contributed by atoms with E-state index in [2.05, 4.69) is 4.98 Å².